The van der Waals surface area contributed by atoms with E-state index in [1.165, 1.54) is 0 Å². The Morgan fingerprint density at radius 3 is 2.12 bits per heavy atom. The van der Waals surface area contributed by atoms with Gasteiger partial charge in [-0.2, -0.15) is 0 Å². The minimum Gasteiger partial charge on any atom is -0.326 e. The molecule has 1 aliphatic carbocycles. The topological polar surface area (TPSA) is 58.2 Å². The van der Waals surface area contributed by atoms with Crippen LogP contribution in [-0.4, -0.2) is 11.8 Å². The first-order valence-corrected chi connectivity index (χ1v) is 7.69. The zero-order valence-electron chi connectivity index (χ0n) is 13.3. The van der Waals surface area contributed by atoms with Gasteiger partial charge >= 0.3 is 0 Å². The monoisotopic (exact) mass is 348 g/mol. The molecule has 2 aromatic carbocycles. The highest BCUT2D eigenvalue weighted by Crippen LogP contribution is 2.40. The maximum absolute atomic E-state index is 13.6. The van der Waals surface area contributed by atoms with E-state index in [1.807, 2.05) is 19.1 Å². The van der Waals surface area contributed by atoms with Gasteiger partial charge in [0.2, 0.25) is 11.8 Å². The van der Waals surface area contributed by atoms with Gasteiger partial charge in [-0.15, -0.1) is 0 Å². The number of rotatable bonds is 4. The van der Waals surface area contributed by atoms with Crippen LogP contribution in [0.1, 0.15) is 12.0 Å². The van der Waals surface area contributed by atoms with Crippen LogP contribution < -0.4 is 10.6 Å². The van der Waals surface area contributed by atoms with Crippen LogP contribution in [0, 0.1) is 36.2 Å². The summed E-state index contributed by atoms with van der Waals surface area (Å²) < 4.78 is 39.7. The molecule has 1 fully saturated rings. The van der Waals surface area contributed by atoms with Crippen LogP contribution in [0.5, 0.6) is 0 Å². The summed E-state index contributed by atoms with van der Waals surface area (Å²) in [5.41, 5.74) is 1.10. The van der Waals surface area contributed by atoms with Gasteiger partial charge in [0.1, 0.15) is 0 Å². The molecule has 0 radical (unpaired) electrons. The molecule has 2 unspecified atom stereocenters. The molecule has 1 saturated carbocycles. The SMILES string of the molecule is Cc1ccccc1NC(=O)C1CC1C(=O)Nc1ccc(F)c(F)c1F. The van der Waals surface area contributed by atoms with Gasteiger partial charge in [-0.1, -0.05) is 18.2 Å². The number of hydrogen-bond donors (Lipinski definition) is 2. The van der Waals surface area contributed by atoms with Crippen molar-refractivity contribution < 1.29 is 22.8 Å². The van der Waals surface area contributed by atoms with Gasteiger partial charge < -0.3 is 10.6 Å². The second-order valence-electron chi connectivity index (χ2n) is 5.97. The summed E-state index contributed by atoms with van der Waals surface area (Å²) in [7, 11) is 0. The maximum atomic E-state index is 13.6. The molecule has 1 aliphatic rings. The van der Waals surface area contributed by atoms with E-state index in [0.29, 0.717) is 12.1 Å². The van der Waals surface area contributed by atoms with E-state index in [2.05, 4.69) is 10.6 Å². The van der Waals surface area contributed by atoms with E-state index >= 15 is 0 Å². The predicted molar refractivity (Wildman–Crippen MR) is 86.4 cm³/mol. The summed E-state index contributed by atoms with van der Waals surface area (Å²) >= 11 is 0. The van der Waals surface area contributed by atoms with E-state index in [9.17, 15) is 22.8 Å². The molecule has 0 aliphatic heterocycles. The number of amides is 2. The minimum absolute atomic E-state index is 0.305. The lowest BCUT2D eigenvalue weighted by atomic mass is 10.2. The summed E-state index contributed by atoms with van der Waals surface area (Å²) in [6, 6.07) is 8.89. The van der Waals surface area contributed by atoms with Crippen LogP contribution in [0.15, 0.2) is 36.4 Å². The molecule has 0 saturated heterocycles. The van der Waals surface area contributed by atoms with E-state index in [0.717, 1.165) is 17.7 Å². The smallest absolute Gasteiger partial charge is 0.228 e. The minimum atomic E-state index is -1.65. The van der Waals surface area contributed by atoms with Crippen molar-refractivity contribution in [2.24, 2.45) is 11.8 Å². The first kappa shape index (κ1) is 17.0. The fraction of sp³-hybridized carbons (Fsp3) is 0.222. The molecule has 4 nitrogen and oxygen atoms in total. The molecule has 0 spiro atoms. The van der Waals surface area contributed by atoms with Crippen LogP contribution in [-0.2, 0) is 9.59 Å². The highest BCUT2D eigenvalue weighted by Gasteiger charge is 2.48. The van der Waals surface area contributed by atoms with Gasteiger partial charge in [-0.05, 0) is 37.1 Å². The maximum Gasteiger partial charge on any atom is 0.228 e. The van der Waals surface area contributed by atoms with E-state index < -0.39 is 40.9 Å². The van der Waals surface area contributed by atoms with Gasteiger partial charge in [-0.3, -0.25) is 9.59 Å². The summed E-state index contributed by atoms with van der Waals surface area (Å²) in [6.07, 6.45) is 0.314. The Bertz CT molecular complexity index is 854. The Morgan fingerprint density at radius 1 is 0.880 bits per heavy atom. The molecular weight excluding hydrogens is 333 g/mol. The van der Waals surface area contributed by atoms with E-state index in [4.69, 9.17) is 0 Å². The van der Waals surface area contributed by atoms with Crippen LogP contribution in [0.3, 0.4) is 0 Å². The third-order valence-corrected chi connectivity index (χ3v) is 4.16. The van der Waals surface area contributed by atoms with E-state index in [1.54, 1.807) is 12.1 Å². The average molecular weight is 348 g/mol. The molecular formula is C18H15F3N2O2. The molecule has 2 atom stereocenters. The number of nitrogens with one attached hydrogen (secondary N) is 2. The lowest BCUT2D eigenvalue weighted by molar-refractivity contribution is -0.122. The number of hydrogen-bond acceptors (Lipinski definition) is 2. The van der Waals surface area contributed by atoms with Crippen molar-refractivity contribution in [3.63, 3.8) is 0 Å². The number of carbonyl (C=O) groups is 2. The van der Waals surface area contributed by atoms with Crippen molar-refractivity contribution in [1.29, 1.82) is 0 Å². The van der Waals surface area contributed by atoms with Crippen LogP contribution in [0.25, 0.3) is 0 Å². The van der Waals surface area contributed by atoms with Gasteiger partial charge in [0.05, 0.1) is 17.5 Å². The lowest BCUT2D eigenvalue weighted by Gasteiger charge is -2.09. The molecule has 2 amide bonds. The molecule has 130 valence electrons. The highest BCUT2D eigenvalue weighted by atomic mass is 19.2. The quantitative estimate of drug-likeness (QED) is 0.829. The van der Waals surface area contributed by atoms with Crippen molar-refractivity contribution in [1.82, 2.24) is 0 Å². The lowest BCUT2D eigenvalue weighted by Crippen LogP contribution is -2.21. The summed E-state index contributed by atoms with van der Waals surface area (Å²) in [5.74, 6) is -6.52. The number of carbonyl (C=O) groups excluding carboxylic acids is 2. The highest BCUT2D eigenvalue weighted by molar-refractivity contribution is 6.03. The standard InChI is InChI=1S/C18H15F3N2O2/c1-9-4-2-3-5-13(9)22-17(24)10-8-11(10)18(25)23-14-7-6-12(19)15(20)16(14)21/h2-7,10-11H,8H2,1H3,(H,22,24)(H,23,25). The average Bonchev–Trinajstić information content (AvgIpc) is 3.38. The predicted octanol–water partition coefficient (Wildman–Crippen LogP) is 3.63. The van der Waals surface area contributed by atoms with Crippen LogP contribution >= 0.6 is 0 Å². The van der Waals surface area contributed by atoms with E-state index in [-0.39, 0.29) is 5.91 Å². The first-order valence-electron chi connectivity index (χ1n) is 7.69. The number of para-hydroxylation sites is 1. The second kappa shape index (κ2) is 6.58. The van der Waals surface area contributed by atoms with Crippen molar-refractivity contribution in [2.75, 3.05) is 10.6 Å². The number of anilines is 2. The van der Waals surface area contributed by atoms with Gasteiger partial charge in [0, 0.05) is 5.69 Å². The molecule has 2 aromatic rings. The number of aryl methyl sites for hydroxylation is 1. The van der Waals surface area contributed by atoms with Gasteiger partial charge in [0.15, 0.2) is 17.5 Å². The van der Waals surface area contributed by atoms with Crippen molar-refractivity contribution in [2.45, 2.75) is 13.3 Å². The molecule has 2 N–H and O–H groups in total. The largest absolute Gasteiger partial charge is 0.326 e. The second-order valence-corrected chi connectivity index (χ2v) is 5.97. The Balaban J connectivity index is 1.62. The number of benzene rings is 2. The molecule has 0 heterocycles. The first-order chi connectivity index (χ1) is 11.9. The summed E-state index contributed by atoms with van der Waals surface area (Å²) in [4.78, 5) is 24.3. The Morgan fingerprint density at radius 2 is 1.48 bits per heavy atom. The van der Waals surface area contributed by atoms with Crippen molar-refractivity contribution >= 4 is 23.2 Å². The normalized spacial score (nSPS) is 18.6. The Labute approximate surface area is 142 Å². The number of halogens is 3. The summed E-state index contributed by atoms with van der Waals surface area (Å²) in [6.45, 7) is 1.85. The van der Waals surface area contributed by atoms with Crippen molar-refractivity contribution in [3.05, 3.63) is 59.4 Å². The third kappa shape index (κ3) is 3.50. The van der Waals surface area contributed by atoms with Crippen LogP contribution in [0.4, 0.5) is 24.5 Å². The van der Waals surface area contributed by atoms with Crippen LogP contribution in [0.2, 0.25) is 0 Å². The zero-order chi connectivity index (χ0) is 18.1. The third-order valence-electron chi connectivity index (χ3n) is 4.16. The molecule has 3 rings (SSSR count). The van der Waals surface area contributed by atoms with Crippen molar-refractivity contribution in [3.8, 4) is 0 Å². The fourth-order valence-corrected chi connectivity index (χ4v) is 2.56. The summed E-state index contributed by atoms with van der Waals surface area (Å²) in [5, 5.41) is 4.95. The molecule has 0 bridgehead atoms. The Hall–Kier alpha value is -2.83. The van der Waals surface area contributed by atoms with Gasteiger partial charge in [0.25, 0.3) is 0 Å². The molecule has 0 aromatic heterocycles. The fourth-order valence-electron chi connectivity index (χ4n) is 2.56. The zero-order valence-corrected chi connectivity index (χ0v) is 13.3. The van der Waals surface area contributed by atoms with Gasteiger partial charge in [-0.25, -0.2) is 13.2 Å². The molecule has 25 heavy (non-hydrogen) atoms. The Kier molecular flexibility index (Phi) is 4.48. The molecule has 7 heteroatoms.